The highest BCUT2D eigenvalue weighted by Gasteiger charge is 2.28. The molecule has 8 aromatic rings. The fraction of sp³-hybridized carbons (Fsp3) is 0.344. The SMILES string of the molecule is CCC(C)c1c(Br)c(Br)c(Br)c(Br)c1Br.CCC(C)c1c(Br)c(Br)c(O)c(Br)c1Br.CCC(C)c1c(F)c(F)c(F)c(F)c1F.CCC(C)c1c2ccccc2cc2ccccc12.CCC(C)c1cccc2c(OCCO)cccc12. The highest BCUT2D eigenvalue weighted by atomic mass is 79.9. The maximum Gasteiger partial charge on any atom is 0.200 e. The number of aliphatic hydroxyl groups is 1. The minimum atomic E-state index is -2.11. The number of phenols is 1. The van der Waals surface area contributed by atoms with E-state index in [-0.39, 0.29) is 12.4 Å². The summed E-state index contributed by atoms with van der Waals surface area (Å²) in [5.41, 5.74) is 4.58. The predicted octanol–water partition coefficient (Wildman–Crippen LogP) is 26.1. The molecule has 0 saturated heterocycles. The third-order valence-corrected chi connectivity index (χ3v) is 24.8. The molecule has 17 heteroatoms. The first-order valence-electron chi connectivity index (χ1n) is 26.6. The van der Waals surface area contributed by atoms with Gasteiger partial charge in [0, 0.05) is 42.3 Å². The molecule has 5 unspecified atom stereocenters. The van der Waals surface area contributed by atoms with Crippen molar-refractivity contribution in [1.82, 2.24) is 0 Å². The summed E-state index contributed by atoms with van der Waals surface area (Å²) in [5.74, 6) is -6.94. The third-order valence-electron chi connectivity index (χ3n) is 14.4. The van der Waals surface area contributed by atoms with Crippen LogP contribution in [0.2, 0.25) is 0 Å². The lowest BCUT2D eigenvalue weighted by Gasteiger charge is -2.18. The lowest BCUT2D eigenvalue weighted by molar-refractivity contribution is 0.203. The van der Waals surface area contributed by atoms with Crippen molar-refractivity contribution in [3.8, 4) is 11.5 Å². The van der Waals surface area contributed by atoms with E-state index < -0.39 is 40.6 Å². The van der Waals surface area contributed by atoms with Crippen LogP contribution in [-0.4, -0.2) is 23.4 Å². The number of aromatic hydroxyl groups is 1. The molecular formula is C64H66Br9F5O3. The number of ether oxygens (including phenoxy) is 1. The molecule has 2 N–H and O–H groups in total. The summed E-state index contributed by atoms with van der Waals surface area (Å²) in [7, 11) is 0. The first-order chi connectivity index (χ1) is 38.3. The third kappa shape index (κ3) is 17.2. The lowest BCUT2D eigenvalue weighted by Crippen LogP contribution is -2.09. The molecule has 5 atom stereocenters. The smallest absolute Gasteiger partial charge is 0.200 e. The number of fused-ring (bicyclic) bond motifs is 3. The fourth-order valence-corrected chi connectivity index (χ4v) is 15.6. The van der Waals surface area contributed by atoms with E-state index in [0.717, 1.165) is 67.3 Å². The number of phenolic OH excluding ortho intramolecular Hbond substituents is 1. The summed E-state index contributed by atoms with van der Waals surface area (Å²) < 4.78 is 78.5. The molecule has 0 aliphatic heterocycles. The second kappa shape index (κ2) is 33.8. The lowest BCUT2D eigenvalue weighted by atomic mass is 9.88. The molecule has 0 aliphatic carbocycles. The van der Waals surface area contributed by atoms with Gasteiger partial charge in [0.1, 0.15) is 18.1 Å². The van der Waals surface area contributed by atoms with Crippen LogP contribution in [-0.2, 0) is 0 Å². The van der Waals surface area contributed by atoms with Gasteiger partial charge in [-0.05, 0) is 266 Å². The molecule has 0 amide bonds. The monoisotopic (exact) mass is 1690 g/mol. The van der Waals surface area contributed by atoms with E-state index in [1.54, 1.807) is 6.92 Å². The molecule has 0 aromatic heterocycles. The van der Waals surface area contributed by atoms with Gasteiger partial charge >= 0.3 is 0 Å². The van der Waals surface area contributed by atoms with Gasteiger partial charge in [-0.25, -0.2) is 22.0 Å². The number of rotatable bonds is 13. The number of aliphatic hydroxyl groups excluding tert-OH is 1. The van der Waals surface area contributed by atoms with E-state index in [1.807, 2.05) is 12.1 Å². The minimum absolute atomic E-state index is 0.0431. The Bertz CT molecular complexity index is 3110. The molecule has 8 rings (SSSR count). The first kappa shape index (κ1) is 71.6. The summed E-state index contributed by atoms with van der Waals surface area (Å²) >= 11 is 31.7. The Labute approximate surface area is 550 Å². The molecule has 0 radical (unpaired) electrons. The van der Waals surface area contributed by atoms with Crippen LogP contribution in [0.25, 0.3) is 32.3 Å². The number of halogens is 14. The minimum Gasteiger partial charge on any atom is -0.505 e. The van der Waals surface area contributed by atoms with E-state index in [4.69, 9.17) is 9.84 Å². The van der Waals surface area contributed by atoms with Crippen molar-refractivity contribution < 1.29 is 36.9 Å². The summed E-state index contributed by atoms with van der Waals surface area (Å²) in [5, 5.41) is 26.6. The summed E-state index contributed by atoms with van der Waals surface area (Å²) in [6, 6.07) is 32.2. The zero-order chi connectivity index (χ0) is 60.7. The van der Waals surface area contributed by atoms with Gasteiger partial charge in [0.2, 0.25) is 5.82 Å². The van der Waals surface area contributed by atoms with Gasteiger partial charge in [0.25, 0.3) is 0 Å². The highest BCUT2D eigenvalue weighted by molar-refractivity contribution is 9.16. The molecule has 8 aromatic carbocycles. The molecule has 81 heavy (non-hydrogen) atoms. The number of hydrogen-bond donors (Lipinski definition) is 2. The molecule has 0 heterocycles. The Kier molecular flexibility index (Phi) is 29.9. The van der Waals surface area contributed by atoms with E-state index >= 15 is 0 Å². The highest BCUT2D eigenvalue weighted by Crippen LogP contribution is 2.50. The van der Waals surface area contributed by atoms with Gasteiger partial charge in [-0.2, -0.15) is 0 Å². The van der Waals surface area contributed by atoms with Crippen LogP contribution in [0.1, 0.15) is 159 Å². The van der Waals surface area contributed by atoms with Crippen molar-refractivity contribution in [1.29, 1.82) is 0 Å². The molecule has 0 bridgehead atoms. The van der Waals surface area contributed by atoms with Crippen molar-refractivity contribution in [2.45, 2.75) is 131 Å². The van der Waals surface area contributed by atoms with Gasteiger partial charge in [-0.3, -0.25) is 0 Å². The van der Waals surface area contributed by atoms with Gasteiger partial charge in [0.05, 0.1) is 15.6 Å². The molecule has 0 aliphatic rings. The Morgan fingerprint density at radius 2 is 0.728 bits per heavy atom. The maximum absolute atomic E-state index is 13.1. The largest absolute Gasteiger partial charge is 0.505 e. The Balaban J connectivity index is 0.000000219. The maximum atomic E-state index is 13.1. The van der Waals surface area contributed by atoms with Crippen LogP contribution in [0.4, 0.5) is 22.0 Å². The van der Waals surface area contributed by atoms with Gasteiger partial charge < -0.3 is 14.9 Å². The Morgan fingerprint density at radius 1 is 0.383 bits per heavy atom. The van der Waals surface area contributed by atoms with Crippen molar-refractivity contribution >= 4 is 176 Å². The standard InChI is InChI=1S/C18H18.C16H20O2.C10H9Br5.C10H10Br4O.C10H9F5/c1-3-13(2)18-16-10-6-4-8-14(16)12-15-9-5-7-11-17(15)18;1-3-12(2)13-6-4-8-15-14(13)7-5-9-16(15)18-11-10-17;3*1-3-4(2)5-6(11)8(13)10(15)9(14)7(5)12/h4-13H,3H2,1-2H3;4-9,12,17H,3,10-11H2,1-2H3;4H,3H2,1-2H3;4,15H,3H2,1-2H3;4H,3H2,1-2H3. The van der Waals surface area contributed by atoms with E-state index in [1.165, 1.54) is 57.0 Å². The van der Waals surface area contributed by atoms with Crippen LogP contribution >= 0.6 is 143 Å². The van der Waals surface area contributed by atoms with Crippen LogP contribution in [0.15, 0.2) is 131 Å². The molecule has 3 nitrogen and oxygen atoms in total. The van der Waals surface area contributed by atoms with Crippen molar-refractivity contribution in [2.24, 2.45) is 0 Å². The van der Waals surface area contributed by atoms with Crippen LogP contribution < -0.4 is 4.74 Å². The summed E-state index contributed by atoms with van der Waals surface area (Å²) in [6.45, 7) is 21.1. The number of benzene rings is 8. The average Bonchev–Trinajstić information content (AvgIpc) is 3.57. The van der Waals surface area contributed by atoms with Crippen LogP contribution in [0.5, 0.6) is 11.5 Å². The Morgan fingerprint density at radius 3 is 1.16 bits per heavy atom. The topological polar surface area (TPSA) is 49.7 Å². The van der Waals surface area contributed by atoms with Crippen molar-refractivity contribution in [3.63, 3.8) is 0 Å². The van der Waals surface area contributed by atoms with Gasteiger partial charge in [-0.1, -0.05) is 148 Å². The predicted molar refractivity (Wildman–Crippen MR) is 362 cm³/mol. The first-order valence-corrected chi connectivity index (χ1v) is 33.7. The molecular weight excluding hydrogens is 1630 g/mol. The average molecular weight is 1700 g/mol. The zero-order valence-electron chi connectivity index (χ0n) is 46.6. The van der Waals surface area contributed by atoms with E-state index in [2.05, 4.69) is 278 Å². The molecule has 0 saturated carbocycles. The quantitative estimate of drug-likeness (QED) is 0.0523. The van der Waals surface area contributed by atoms with Gasteiger partial charge in [0.15, 0.2) is 23.3 Å². The number of hydrogen-bond acceptors (Lipinski definition) is 3. The van der Waals surface area contributed by atoms with Crippen LogP contribution in [0.3, 0.4) is 0 Å². The van der Waals surface area contributed by atoms with Crippen molar-refractivity contribution in [2.75, 3.05) is 13.2 Å². The molecule has 0 fully saturated rings. The normalized spacial score (nSPS) is 12.9. The van der Waals surface area contributed by atoms with Crippen molar-refractivity contribution in [3.05, 3.63) is 188 Å². The van der Waals surface area contributed by atoms with E-state index in [0.29, 0.717) is 45.6 Å². The molecule has 0 spiro atoms. The molecule has 438 valence electrons. The van der Waals surface area contributed by atoms with Gasteiger partial charge in [-0.15, -0.1) is 0 Å². The summed E-state index contributed by atoms with van der Waals surface area (Å²) in [4.78, 5) is 0. The summed E-state index contributed by atoms with van der Waals surface area (Å²) in [6.07, 6.45) is 4.75. The zero-order valence-corrected chi connectivity index (χ0v) is 60.9. The fourth-order valence-electron chi connectivity index (χ4n) is 8.81. The second-order valence-electron chi connectivity index (χ2n) is 19.5. The Hall–Kier alpha value is -1.93. The second-order valence-corrected chi connectivity index (χ2v) is 26.7. The van der Waals surface area contributed by atoms with E-state index in [9.17, 15) is 27.1 Å². The van der Waals surface area contributed by atoms with Crippen LogP contribution in [0, 0.1) is 29.1 Å².